The molecule has 36 heavy (non-hydrogen) atoms. The maximum absolute atomic E-state index is 15.1. The number of rotatable bonds is 6. The van der Waals surface area contributed by atoms with Gasteiger partial charge in [-0.25, -0.2) is 14.1 Å². The number of aryl methyl sites for hydroxylation is 1. The molecule has 1 saturated heterocycles. The van der Waals surface area contributed by atoms with E-state index < -0.39 is 11.7 Å². The highest BCUT2D eigenvalue weighted by molar-refractivity contribution is 6.00. The number of nitrogens with one attached hydrogen (secondary N) is 1. The minimum absolute atomic E-state index is 0.0698. The van der Waals surface area contributed by atoms with Crippen LogP contribution in [0.4, 0.5) is 16.2 Å². The summed E-state index contributed by atoms with van der Waals surface area (Å²) in [4.78, 5) is 30.5. The number of anilines is 2. The van der Waals surface area contributed by atoms with E-state index in [9.17, 15) is 9.59 Å². The van der Waals surface area contributed by atoms with Crippen molar-refractivity contribution in [2.45, 2.75) is 18.5 Å². The number of nitrogens with two attached hydrogens (primary N) is 2. The number of nitrogen functional groups attached to an aromatic ring is 1. The van der Waals surface area contributed by atoms with Crippen LogP contribution < -0.4 is 16.8 Å². The number of methoxy groups -OCH3 is 1. The molecule has 1 aliphatic heterocycles. The summed E-state index contributed by atoms with van der Waals surface area (Å²) in [5.74, 6) is 4.46. The van der Waals surface area contributed by atoms with E-state index in [0.717, 1.165) is 0 Å². The molecule has 1 aromatic carbocycles. The Labute approximate surface area is 206 Å². The number of fused-ring (bicyclic) bond motifs is 1. The predicted octanol–water partition coefficient (Wildman–Crippen LogP) is 1.01. The SMILES string of the molecule is C=CC(=O)N1C[C@@H](n2nc(C#Cc3ccc4c(nc(N)n4C)c3F)c(C(N)=O)c2NC)C[C@@H]1COC. The van der Waals surface area contributed by atoms with Crippen LogP contribution in [-0.2, 0) is 16.6 Å². The summed E-state index contributed by atoms with van der Waals surface area (Å²) in [5, 5.41) is 7.50. The summed E-state index contributed by atoms with van der Waals surface area (Å²) >= 11 is 0. The van der Waals surface area contributed by atoms with Crippen LogP contribution >= 0.6 is 0 Å². The third kappa shape index (κ3) is 4.14. The molecular formula is C24H27FN8O3. The van der Waals surface area contributed by atoms with Crippen LogP contribution in [0.5, 0.6) is 0 Å². The van der Waals surface area contributed by atoms with Crippen LogP contribution in [0, 0.1) is 17.7 Å². The van der Waals surface area contributed by atoms with Gasteiger partial charge >= 0.3 is 0 Å². The van der Waals surface area contributed by atoms with Crippen molar-refractivity contribution in [1.29, 1.82) is 0 Å². The Hall–Kier alpha value is -4.37. The lowest BCUT2D eigenvalue weighted by atomic mass is 10.1. The first-order valence-electron chi connectivity index (χ1n) is 11.2. The van der Waals surface area contributed by atoms with E-state index in [1.54, 1.807) is 41.4 Å². The Morgan fingerprint density at radius 1 is 1.39 bits per heavy atom. The summed E-state index contributed by atoms with van der Waals surface area (Å²) in [6.07, 6.45) is 1.78. The molecule has 12 heteroatoms. The summed E-state index contributed by atoms with van der Waals surface area (Å²) in [5.41, 5.74) is 12.3. The van der Waals surface area contributed by atoms with Gasteiger partial charge in [-0.3, -0.25) is 9.59 Å². The Balaban J connectivity index is 1.76. The molecule has 5 N–H and O–H groups in total. The first-order valence-corrected chi connectivity index (χ1v) is 11.2. The van der Waals surface area contributed by atoms with Crippen molar-refractivity contribution < 1.29 is 18.7 Å². The molecule has 2 amide bonds. The number of aromatic nitrogens is 4. The molecule has 0 spiro atoms. The number of imidazole rings is 1. The average Bonchev–Trinajstić information content (AvgIpc) is 3.52. The van der Waals surface area contributed by atoms with E-state index in [0.29, 0.717) is 30.9 Å². The molecule has 3 heterocycles. The van der Waals surface area contributed by atoms with Gasteiger partial charge in [0.05, 0.1) is 29.8 Å². The molecule has 1 aliphatic rings. The Bertz CT molecular complexity index is 1430. The van der Waals surface area contributed by atoms with Crippen LogP contribution in [0.1, 0.15) is 34.1 Å². The molecule has 0 unspecified atom stereocenters. The second kappa shape index (κ2) is 9.71. The fourth-order valence-corrected chi connectivity index (χ4v) is 4.53. The zero-order valence-corrected chi connectivity index (χ0v) is 20.2. The van der Waals surface area contributed by atoms with Crippen LogP contribution in [0.3, 0.4) is 0 Å². The molecule has 0 bridgehead atoms. The summed E-state index contributed by atoms with van der Waals surface area (Å²) in [6, 6.07) is 2.70. The van der Waals surface area contributed by atoms with Gasteiger partial charge < -0.3 is 31.0 Å². The minimum Gasteiger partial charge on any atom is -0.383 e. The van der Waals surface area contributed by atoms with E-state index in [-0.39, 0.29) is 46.3 Å². The lowest BCUT2D eigenvalue weighted by Crippen LogP contribution is -2.37. The van der Waals surface area contributed by atoms with Crippen molar-refractivity contribution in [2.24, 2.45) is 12.8 Å². The molecule has 3 aromatic rings. The van der Waals surface area contributed by atoms with Gasteiger partial charge in [0.1, 0.15) is 16.9 Å². The third-order valence-corrected chi connectivity index (χ3v) is 6.29. The number of nitrogens with zero attached hydrogens (tertiary/aromatic N) is 5. The maximum Gasteiger partial charge on any atom is 0.255 e. The molecule has 2 aromatic heterocycles. The van der Waals surface area contributed by atoms with Gasteiger partial charge in [0.25, 0.3) is 5.91 Å². The fraction of sp³-hybridized carbons (Fsp3) is 0.333. The van der Waals surface area contributed by atoms with Crippen LogP contribution in [-0.4, -0.2) is 69.4 Å². The number of carbonyl (C=O) groups excluding carboxylic acids is 2. The molecule has 0 saturated carbocycles. The van der Waals surface area contributed by atoms with E-state index in [2.05, 4.69) is 33.8 Å². The lowest BCUT2D eigenvalue weighted by Gasteiger charge is -2.22. The molecule has 0 radical (unpaired) electrons. The van der Waals surface area contributed by atoms with Crippen molar-refractivity contribution in [1.82, 2.24) is 24.2 Å². The Morgan fingerprint density at radius 3 is 2.78 bits per heavy atom. The van der Waals surface area contributed by atoms with Gasteiger partial charge in [-0.2, -0.15) is 5.10 Å². The van der Waals surface area contributed by atoms with Gasteiger partial charge in [0.15, 0.2) is 11.5 Å². The topological polar surface area (TPSA) is 146 Å². The lowest BCUT2D eigenvalue weighted by molar-refractivity contribution is -0.127. The number of ether oxygens (including phenoxy) is 1. The zero-order chi connectivity index (χ0) is 26.1. The van der Waals surface area contributed by atoms with Crippen molar-refractivity contribution in [2.75, 3.05) is 38.4 Å². The maximum atomic E-state index is 15.1. The van der Waals surface area contributed by atoms with Gasteiger partial charge in [-0.05, 0) is 30.6 Å². The Kier molecular flexibility index (Phi) is 6.67. The number of carbonyl (C=O) groups is 2. The Morgan fingerprint density at radius 2 is 2.14 bits per heavy atom. The van der Waals surface area contributed by atoms with Gasteiger partial charge in [-0.1, -0.05) is 12.5 Å². The predicted molar refractivity (Wildman–Crippen MR) is 133 cm³/mol. The normalized spacial score (nSPS) is 17.2. The van der Waals surface area contributed by atoms with Crippen LogP contribution in [0.2, 0.25) is 0 Å². The van der Waals surface area contributed by atoms with E-state index >= 15 is 4.39 Å². The van der Waals surface area contributed by atoms with Crippen molar-refractivity contribution in [3.63, 3.8) is 0 Å². The van der Waals surface area contributed by atoms with Gasteiger partial charge in [-0.15, -0.1) is 0 Å². The number of amides is 2. The summed E-state index contributed by atoms with van der Waals surface area (Å²) < 4.78 is 23.5. The highest BCUT2D eigenvalue weighted by Gasteiger charge is 2.37. The number of likely N-dealkylation sites (tertiary alicyclic amines) is 1. The highest BCUT2D eigenvalue weighted by Crippen LogP contribution is 2.32. The van der Waals surface area contributed by atoms with Crippen molar-refractivity contribution >= 4 is 34.6 Å². The first kappa shape index (κ1) is 24.7. The average molecular weight is 495 g/mol. The van der Waals surface area contributed by atoms with Gasteiger partial charge in [0, 0.05) is 27.7 Å². The monoisotopic (exact) mass is 494 g/mol. The standard InChI is InChI=1S/C24H27FN8O3/c1-5-18(34)32-11-14(10-15(32)12-36-4)33-23(28-2)19(22(26)35)16(30-33)8-6-13-7-9-17-21(20(13)25)29-24(27)31(17)3/h5,7,9,14-15,28H,1,10-12H2,2-4H3,(H2,26,35)(H2,27,29)/t14-,15+/m0/s1. The number of hydrogen-bond donors (Lipinski definition) is 3. The molecule has 0 aliphatic carbocycles. The second-order valence-electron chi connectivity index (χ2n) is 8.40. The number of primary amides is 1. The largest absolute Gasteiger partial charge is 0.383 e. The molecule has 2 atom stereocenters. The van der Waals surface area contributed by atoms with Crippen molar-refractivity contribution in [3.8, 4) is 11.8 Å². The van der Waals surface area contributed by atoms with Crippen molar-refractivity contribution in [3.05, 3.63) is 47.4 Å². The molecular weight excluding hydrogens is 467 g/mol. The summed E-state index contributed by atoms with van der Waals surface area (Å²) in [7, 11) is 4.88. The van der Waals surface area contributed by atoms with Crippen LogP contribution in [0.15, 0.2) is 24.8 Å². The number of benzene rings is 1. The molecule has 1 fully saturated rings. The molecule has 11 nitrogen and oxygen atoms in total. The smallest absolute Gasteiger partial charge is 0.255 e. The fourth-order valence-electron chi connectivity index (χ4n) is 4.53. The van der Waals surface area contributed by atoms with E-state index in [1.165, 1.54) is 12.1 Å². The third-order valence-electron chi connectivity index (χ3n) is 6.29. The molecule has 188 valence electrons. The number of halogens is 1. The molecule has 4 rings (SSSR count). The van der Waals surface area contributed by atoms with Gasteiger partial charge in [0.2, 0.25) is 11.9 Å². The second-order valence-corrected chi connectivity index (χ2v) is 8.40. The quantitative estimate of drug-likeness (QED) is 0.342. The highest BCUT2D eigenvalue weighted by atomic mass is 19.1. The van der Waals surface area contributed by atoms with E-state index in [4.69, 9.17) is 16.2 Å². The first-order chi connectivity index (χ1) is 17.2. The summed E-state index contributed by atoms with van der Waals surface area (Å²) in [6.45, 7) is 4.23. The van der Waals surface area contributed by atoms with E-state index in [1.807, 2.05) is 0 Å². The number of hydrogen-bond acceptors (Lipinski definition) is 7. The zero-order valence-electron chi connectivity index (χ0n) is 20.2. The minimum atomic E-state index is -0.742. The van der Waals surface area contributed by atoms with Crippen LogP contribution in [0.25, 0.3) is 11.0 Å².